The predicted molar refractivity (Wildman–Crippen MR) is 77.3 cm³/mol. The monoisotopic (exact) mass is 274 g/mol. The van der Waals surface area contributed by atoms with Gasteiger partial charge in [0.15, 0.2) is 0 Å². The molecule has 0 heterocycles. The molecule has 0 amide bonds. The van der Waals surface area contributed by atoms with Crippen LogP contribution in [0.4, 0.5) is 4.39 Å². The van der Waals surface area contributed by atoms with E-state index in [0.717, 1.165) is 23.1 Å². The highest BCUT2D eigenvalue weighted by molar-refractivity contribution is 6.22. The van der Waals surface area contributed by atoms with Gasteiger partial charge in [0.05, 0.1) is 5.38 Å². The number of aryl methyl sites for hydroxylation is 3. The molecule has 0 aliphatic heterocycles. The minimum Gasteiger partial charge on any atom is -0.207 e. The van der Waals surface area contributed by atoms with Crippen molar-refractivity contribution in [2.45, 2.75) is 31.6 Å². The highest BCUT2D eigenvalue weighted by atomic mass is 35.5. The smallest absolute Gasteiger partial charge is 0.123 e. The molecule has 0 aromatic heterocycles. The Morgan fingerprint density at radius 3 is 2.58 bits per heavy atom. The zero-order chi connectivity index (χ0) is 13.4. The second-order valence-corrected chi connectivity index (χ2v) is 5.74. The summed E-state index contributed by atoms with van der Waals surface area (Å²) in [5, 5.41) is -0.278. The van der Waals surface area contributed by atoms with Crippen molar-refractivity contribution in [3.63, 3.8) is 0 Å². The molecule has 1 aliphatic rings. The molecule has 0 spiro atoms. The molecule has 0 saturated heterocycles. The van der Waals surface area contributed by atoms with Crippen molar-refractivity contribution in [2.75, 3.05) is 0 Å². The summed E-state index contributed by atoms with van der Waals surface area (Å²) < 4.78 is 13.5. The van der Waals surface area contributed by atoms with E-state index in [-0.39, 0.29) is 11.2 Å². The largest absolute Gasteiger partial charge is 0.207 e. The number of benzene rings is 2. The average Bonchev–Trinajstić information content (AvgIpc) is 2.83. The molecule has 0 fully saturated rings. The standard InChI is InChI=1S/C17H16ClF/c1-11-7-15(10-16(19)8-11)17(18)14-6-5-12-3-2-4-13(12)9-14/h5-10,17H,2-4H2,1H3. The van der Waals surface area contributed by atoms with E-state index in [9.17, 15) is 4.39 Å². The Labute approximate surface area is 118 Å². The van der Waals surface area contributed by atoms with Gasteiger partial charge < -0.3 is 0 Å². The van der Waals surface area contributed by atoms with Crippen molar-refractivity contribution in [1.29, 1.82) is 0 Å². The number of hydrogen-bond acceptors (Lipinski definition) is 0. The first-order chi connectivity index (χ1) is 9.13. The van der Waals surface area contributed by atoms with Gasteiger partial charge in [-0.3, -0.25) is 0 Å². The quantitative estimate of drug-likeness (QED) is 0.680. The van der Waals surface area contributed by atoms with Crippen LogP contribution in [0.2, 0.25) is 0 Å². The highest BCUT2D eigenvalue weighted by Gasteiger charge is 2.16. The van der Waals surface area contributed by atoms with Crippen molar-refractivity contribution in [2.24, 2.45) is 0 Å². The Morgan fingerprint density at radius 1 is 1.00 bits per heavy atom. The van der Waals surface area contributed by atoms with E-state index in [0.29, 0.717) is 0 Å². The molecule has 98 valence electrons. The molecule has 3 rings (SSSR count). The van der Waals surface area contributed by atoms with Crippen LogP contribution < -0.4 is 0 Å². The number of rotatable bonds is 2. The molecular formula is C17H16ClF. The Hall–Kier alpha value is -1.34. The second kappa shape index (κ2) is 4.97. The summed E-state index contributed by atoms with van der Waals surface area (Å²) in [5.41, 5.74) is 5.63. The van der Waals surface area contributed by atoms with Gasteiger partial charge in [-0.2, -0.15) is 0 Å². The van der Waals surface area contributed by atoms with Gasteiger partial charge >= 0.3 is 0 Å². The lowest BCUT2D eigenvalue weighted by Gasteiger charge is -2.13. The van der Waals surface area contributed by atoms with E-state index in [1.165, 1.54) is 36.1 Å². The Morgan fingerprint density at radius 2 is 1.79 bits per heavy atom. The molecule has 0 N–H and O–H groups in total. The number of hydrogen-bond donors (Lipinski definition) is 0. The van der Waals surface area contributed by atoms with Gasteiger partial charge in [0, 0.05) is 0 Å². The van der Waals surface area contributed by atoms with Crippen molar-refractivity contribution < 1.29 is 4.39 Å². The normalized spacial score (nSPS) is 15.3. The Balaban J connectivity index is 1.97. The molecule has 0 bridgehead atoms. The lowest BCUT2D eigenvalue weighted by atomic mass is 9.99. The summed E-state index contributed by atoms with van der Waals surface area (Å²) in [6, 6.07) is 11.4. The topological polar surface area (TPSA) is 0 Å². The summed E-state index contributed by atoms with van der Waals surface area (Å²) in [7, 11) is 0. The first kappa shape index (κ1) is 12.7. The SMILES string of the molecule is Cc1cc(F)cc(C(Cl)c2ccc3c(c2)CCC3)c1. The summed E-state index contributed by atoms with van der Waals surface area (Å²) in [6.07, 6.45) is 3.53. The van der Waals surface area contributed by atoms with Gasteiger partial charge in [0.1, 0.15) is 5.82 Å². The fourth-order valence-electron chi connectivity index (χ4n) is 2.85. The molecular weight excluding hydrogens is 259 g/mol. The third kappa shape index (κ3) is 2.52. The Kier molecular flexibility index (Phi) is 3.32. The molecule has 2 aromatic rings. The maximum atomic E-state index is 13.5. The van der Waals surface area contributed by atoms with Crippen molar-refractivity contribution >= 4 is 11.6 Å². The molecule has 1 aliphatic carbocycles. The zero-order valence-electron chi connectivity index (χ0n) is 10.9. The van der Waals surface area contributed by atoms with Crippen LogP contribution in [0.25, 0.3) is 0 Å². The highest BCUT2D eigenvalue weighted by Crippen LogP contribution is 2.33. The fraction of sp³-hybridized carbons (Fsp3) is 0.294. The summed E-state index contributed by atoms with van der Waals surface area (Å²) in [4.78, 5) is 0. The Bertz CT molecular complexity index is 598. The van der Waals surface area contributed by atoms with Gasteiger partial charge in [0.2, 0.25) is 0 Å². The number of halogens is 2. The minimum atomic E-state index is -0.278. The van der Waals surface area contributed by atoms with Crippen molar-refractivity contribution in [3.8, 4) is 0 Å². The van der Waals surface area contributed by atoms with Crippen LogP contribution in [-0.4, -0.2) is 0 Å². The molecule has 19 heavy (non-hydrogen) atoms. The van der Waals surface area contributed by atoms with E-state index < -0.39 is 0 Å². The van der Waals surface area contributed by atoms with Gasteiger partial charge in [-0.05, 0) is 66.1 Å². The van der Waals surface area contributed by atoms with Crippen LogP contribution in [0, 0.1) is 12.7 Å². The van der Waals surface area contributed by atoms with Crippen LogP contribution in [0.3, 0.4) is 0 Å². The lowest BCUT2D eigenvalue weighted by Crippen LogP contribution is -1.97. The van der Waals surface area contributed by atoms with Crippen LogP contribution >= 0.6 is 11.6 Å². The maximum absolute atomic E-state index is 13.5. The molecule has 2 aromatic carbocycles. The van der Waals surface area contributed by atoms with Crippen LogP contribution in [0.5, 0.6) is 0 Å². The fourth-order valence-corrected chi connectivity index (χ4v) is 3.11. The van der Waals surface area contributed by atoms with Crippen LogP contribution in [-0.2, 0) is 12.8 Å². The van der Waals surface area contributed by atoms with E-state index in [4.69, 9.17) is 11.6 Å². The zero-order valence-corrected chi connectivity index (χ0v) is 11.7. The van der Waals surface area contributed by atoms with Crippen molar-refractivity contribution in [1.82, 2.24) is 0 Å². The van der Waals surface area contributed by atoms with Gasteiger partial charge in [-0.15, -0.1) is 11.6 Å². The summed E-state index contributed by atoms with van der Waals surface area (Å²) >= 11 is 6.51. The third-order valence-corrected chi connectivity index (χ3v) is 4.28. The van der Waals surface area contributed by atoms with E-state index in [2.05, 4.69) is 18.2 Å². The van der Waals surface area contributed by atoms with Crippen molar-refractivity contribution in [3.05, 3.63) is 70.0 Å². The third-order valence-electron chi connectivity index (χ3n) is 3.77. The average molecular weight is 275 g/mol. The molecule has 0 saturated carbocycles. The van der Waals surface area contributed by atoms with Gasteiger partial charge in [0.25, 0.3) is 0 Å². The minimum absolute atomic E-state index is 0.221. The number of alkyl halides is 1. The van der Waals surface area contributed by atoms with E-state index in [1.54, 1.807) is 0 Å². The maximum Gasteiger partial charge on any atom is 0.123 e. The molecule has 1 atom stereocenters. The molecule has 2 heteroatoms. The van der Waals surface area contributed by atoms with Crippen LogP contribution in [0.15, 0.2) is 36.4 Å². The molecule has 0 nitrogen and oxygen atoms in total. The van der Waals surface area contributed by atoms with E-state index in [1.807, 2.05) is 13.0 Å². The van der Waals surface area contributed by atoms with Crippen LogP contribution in [0.1, 0.15) is 39.6 Å². The molecule has 0 radical (unpaired) electrons. The predicted octanol–water partition coefficient (Wildman–Crippen LogP) is 4.95. The molecule has 1 unspecified atom stereocenters. The first-order valence-electron chi connectivity index (χ1n) is 6.66. The second-order valence-electron chi connectivity index (χ2n) is 5.31. The first-order valence-corrected chi connectivity index (χ1v) is 7.10. The van der Waals surface area contributed by atoms with Gasteiger partial charge in [-0.1, -0.05) is 24.3 Å². The van der Waals surface area contributed by atoms with Gasteiger partial charge in [-0.25, -0.2) is 4.39 Å². The van der Waals surface area contributed by atoms with E-state index >= 15 is 0 Å². The lowest BCUT2D eigenvalue weighted by molar-refractivity contribution is 0.624. The summed E-state index contributed by atoms with van der Waals surface area (Å²) in [5.74, 6) is -0.221. The number of fused-ring (bicyclic) bond motifs is 1. The summed E-state index contributed by atoms with van der Waals surface area (Å²) in [6.45, 7) is 1.89.